The van der Waals surface area contributed by atoms with Crippen LogP contribution in [-0.4, -0.2) is 5.75 Å². The van der Waals surface area contributed by atoms with Gasteiger partial charge in [-0.05, 0) is 36.3 Å². The van der Waals surface area contributed by atoms with E-state index in [0.717, 1.165) is 22.3 Å². The van der Waals surface area contributed by atoms with Gasteiger partial charge >= 0.3 is 0 Å². The van der Waals surface area contributed by atoms with Crippen LogP contribution in [-0.2, 0) is 0 Å². The molecule has 1 aromatic carbocycles. The van der Waals surface area contributed by atoms with Gasteiger partial charge in [0.2, 0.25) is 0 Å². The summed E-state index contributed by atoms with van der Waals surface area (Å²) in [6.45, 7) is 4.46. The summed E-state index contributed by atoms with van der Waals surface area (Å²) in [4.78, 5) is 1.13. The van der Waals surface area contributed by atoms with Gasteiger partial charge in [0, 0.05) is 15.6 Å². The van der Waals surface area contributed by atoms with Crippen molar-refractivity contribution in [2.24, 2.45) is 5.92 Å². The summed E-state index contributed by atoms with van der Waals surface area (Å²) in [6, 6.07) is 5.68. The second-order valence-electron chi connectivity index (χ2n) is 3.71. The van der Waals surface area contributed by atoms with Crippen LogP contribution in [0.15, 0.2) is 23.1 Å². The van der Waals surface area contributed by atoms with Crippen LogP contribution in [0.25, 0.3) is 0 Å². The molecule has 0 unspecified atom stereocenters. The largest absolute Gasteiger partial charge is 0.398 e. The van der Waals surface area contributed by atoms with Crippen molar-refractivity contribution < 1.29 is 0 Å². The second-order valence-corrected chi connectivity index (χ2v) is 5.29. The molecule has 0 aliphatic carbocycles. The molecule has 3 heteroatoms. The monoisotopic (exact) mass is 229 g/mol. The smallest absolute Gasteiger partial charge is 0.0467 e. The number of hydrogen-bond donors (Lipinski definition) is 1. The minimum Gasteiger partial charge on any atom is -0.398 e. The predicted molar refractivity (Wildman–Crippen MR) is 66.0 cm³/mol. The van der Waals surface area contributed by atoms with Crippen molar-refractivity contribution in [3.63, 3.8) is 0 Å². The molecule has 1 aromatic rings. The topological polar surface area (TPSA) is 26.0 Å². The first-order valence-corrected chi connectivity index (χ1v) is 6.14. The van der Waals surface area contributed by atoms with Gasteiger partial charge in [0.15, 0.2) is 0 Å². The molecule has 1 nitrogen and oxygen atoms in total. The molecule has 0 atom stereocenters. The van der Waals surface area contributed by atoms with Gasteiger partial charge in [-0.3, -0.25) is 0 Å². The lowest BCUT2D eigenvalue weighted by atomic mass is 10.2. The maximum atomic E-state index is 5.83. The van der Waals surface area contributed by atoms with Crippen LogP contribution in [0.2, 0.25) is 5.02 Å². The van der Waals surface area contributed by atoms with Crippen molar-refractivity contribution >= 4 is 29.1 Å². The highest BCUT2D eigenvalue weighted by Crippen LogP contribution is 2.28. The van der Waals surface area contributed by atoms with Gasteiger partial charge < -0.3 is 5.73 Å². The fourth-order valence-corrected chi connectivity index (χ4v) is 2.43. The highest BCUT2D eigenvalue weighted by atomic mass is 35.5. The Hall–Kier alpha value is -0.340. The molecule has 0 spiro atoms. The van der Waals surface area contributed by atoms with E-state index in [1.54, 1.807) is 17.8 Å². The second kappa shape index (κ2) is 5.52. The molecule has 0 saturated heterocycles. The maximum Gasteiger partial charge on any atom is 0.0467 e. The Morgan fingerprint density at radius 1 is 1.43 bits per heavy atom. The SMILES string of the molecule is CC(C)CCSc1ccc(Cl)cc1N. The van der Waals surface area contributed by atoms with Gasteiger partial charge in [-0.15, -0.1) is 11.8 Å². The van der Waals surface area contributed by atoms with Crippen LogP contribution in [0.4, 0.5) is 5.69 Å². The molecular formula is C11H16ClNS. The molecule has 1 rings (SSSR count). The molecule has 0 amide bonds. The zero-order valence-corrected chi connectivity index (χ0v) is 10.2. The van der Waals surface area contributed by atoms with Gasteiger partial charge in [0.05, 0.1) is 0 Å². The first kappa shape index (κ1) is 11.7. The minimum atomic E-state index is 0.704. The van der Waals surface area contributed by atoms with Crippen LogP contribution in [0, 0.1) is 5.92 Å². The Morgan fingerprint density at radius 3 is 2.71 bits per heavy atom. The summed E-state index contributed by atoms with van der Waals surface area (Å²) in [5.41, 5.74) is 6.62. The lowest BCUT2D eigenvalue weighted by molar-refractivity contribution is 0.632. The molecule has 78 valence electrons. The highest BCUT2D eigenvalue weighted by Gasteiger charge is 2.01. The van der Waals surface area contributed by atoms with E-state index >= 15 is 0 Å². The number of halogens is 1. The van der Waals surface area contributed by atoms with Crippen molar-refractivity contribution in [3.8, 4) is 0 Å². The number of thioether (sulfide) groups is 1. The van der Waals surface area contributed by atoms with Gasteiger partial charge in [-0.25, -0.2) is 0 Å². The number of rotatable bonds is 4. The molecule has 0 radical (unpaired) electrons. The van der Waals surface area contributed by atoms with Gasteiger partial charge in [0.1, 0.15) is 0 Å². The van der Waals surface area contributed by atoms with Crippen LogP contribution in [0.3, 0.4) is 0 Å². The summed E-state index contributed by atoms with van der Waals surface area (Å²) in [6.07, 6.45) is 1.22. The van der Waals surface area contributed by atoms with E-state index in [4.69, 9.17) is 17.3 Å². The summed E-state index contributed by atoms with van der Waals surface area (Å²) in [5, 5.41) is 0.704. The Balaban J connectivity index is 2.51. The highest BCUT2D eigenvalue weighted by molar-refractivity contribution is 7.99. The number of nitrogens with two attached hydrogens (primary N) is 1. The summed E-state index contributed by atoms with van der Waals surface area (Å²) in [7, 11) is 0. The third-order valence-corrected chi connectivity index (χ3v) is 3.28. The van der Waals surface area contributed by atoms with E-state index in [9.17, 15) is 0 Å². The molecule has 0 aromatic heterocycles. The molecule has 14 heavy (non-hydrogen) atoms. The molecule has 0 saturated carbocycles. The molecule has 0 fully saturated rings. The molecular weight excluding hydrogens is 214 g/mol. The van der Waals surface area contributed by atoms with Gasteiger partial charge in [0.25, 0.3) is 0 Å². The van der Waals surface area contributed by atoms with Gasteiger partial charge in [-0.2, -0.15) is 0 Å². The first-order valence-electron chi connectivity index (χ1n) is 4.77. The summed E-state index contributed by atoms with van der Waals surface area (Å²) < 4.78 is 0. The maximum absolute atomic E-state index is 5.83. The van der Waals surface area contributed by atoms with Crippen molar-refractivity contribution in [2.45, 2.75) is 25.2 Å². The van der Waals surface area contributed by atoms with Crippen molar-refractivity contribution in [3.05, 3.63) is 23.2 Å². The van der Waals surface area contributed by atoms with Crippen molar-refractivity contribution in [2.75, 3.05) is 11.5 Å². The zero-order valence-electron chi connectivity index (χ0n) is 8.59. The summed E-state index contributed by atoms with van der Waals surface area (Å²) >= 11 is 7.61. The average molecular weight is 230 g/mol. The van der Waals surface area contributed by atoms with Crippen LogP contribution < -0.4 is 5.73 Å². The van der Waals surface area contributed by atoms with Crippen LogP contribution >= 0.6 is 23.4 Å². The molecule has 0 aliphatic heterocycles. The third-order valence-electron chi connectivity index (χ3n) is 1.92. The third kappa shape index (κ3) is 3.81. The predicted octanol–water partition coefficient (Wildman–Crippen LogP) is 4.06. The lowest BCUT2D eigenvalue weighted by Crippen LogP contribution is -1.92. The first-order chi connectivity index (χ1) is 6.59. The molecule has 0 heterocycles. The van der Waals surface area contributed by atoms with E-state index in [1.165, 1.54) is 6.42 Å². The van der Waals surface area contributed by atoms with E-state index in [1.807, 2.05) is 12.1 Å². The standard InChI is InChI=1S/C11H16ClNS/c1-8(2)5-6-14-11-4-3-9(12)7-10(11)13/h3-4,7-8H,5-6,13H2,1-2H3. The number of hydrogen-bond acceptors (Lipinski definition) is 2. The average Bonchev–Trinajstić information content (AvgIpc) is 2.08. The lowest BCUT2D eigenvalue weighted by Gasteiger charge is -2.07. The molecule has 0 bridgehead atoms. The number of nitrogen functional groups attached to an aromatic ring is 1. The normalized spacial score (nSPS) is 10.9. The van der Waals surface area contributed by atoms with Crippen LogP contribution in [0.5, 0.6) is 0 Å². The fraction of sp³-hybridized carbons (Fsp3) is 0.455. The zero-order chi connectivity index (χ0) is 10.6. The van der Waals surface area contributed by atoms with E-state index in [-0.39, 0.29) is 0 Å². The Labute approximate surface area is 95.0 Å². The summed E-state index contributed by atoms with van der Waals surface area (Å²) in [5.74, 6) is 1.86. The van der Waals surface area contributed by atoms with Crippen molar-refractivity contribution in [1.29, 1.82) is 0 Å². The van der Waals surface area contributed by atoms with E-state index in [0.29, 0.717) is 5.02 Å². The molecule has 2 N–H and O–H groups in total. The Kier molecular flexibility index (Phi) is 4.63. The number of benzene rings is 1. The van der Waals surface area contributed by atoms with Gasteiger partial charge in [-0.1, -0.05) is 25.4 Å². The van der Waals surface area contributed by atoms with E-state index < -0.39 is 0 Å². The Bertz CT molecular complexity index is 299. The molecule has 0 aliphatic rings. The Morgan fingerprint density at radius 2 is 2.14 bits per heavy atom. The van der Waals surface area contributed by atoms with Crippen LogP contribution in [0.1, 0.15) is 20.3 Å². The van der Waals surface area contributed by atoms with Crippen molar-refractivity contribution in [1.82, 2.24) is 0 Å². The van der Waals surface area contributed by atoms with E-state index in [2.05, 4.69) is 13.8 Å². The quantitative estimate of drug-likeness (QED) is 0.623. The fourth-order valence-electron chi connectivity index (χ4n) is 1.06. The number of anilines is 1. The minimum absolute atomic E-state index is 0.704.